The largest absolute Gasteiger partial charge is 0.335 e. The molecule has 3 saturated carbocycles. The van der Waals surface area contributed by atoms with Crippen molar-refractivity contribution in [1.29, 1.82) is 0 Å². The molecule has 6 unspecified atom stereocenters. The van der Waals surface area contributed by atoms with Gasteiger partial charge in [0.05, 0.1) is 16.6 Å². The first-order valence-corrected chi connectivity index (χ1v) is 46.2. The number of hydrogen-bond donors (Lipinski definition) is 0. The molecule has 3 fully saturated rings. The molecule has 0 radical (unpaired) electrons. The zero-order valence-electron chi connectivity index (χ0n) is 74.4. The summed E-state index contributed by atoms with van der Waals surface area (Å²) in [4.78, 5) is 13.3. The number of anilines is 12. The molecule has 0 saturated heterocycles. The molecule has 0 bridgehead atoms. The molecule has 12 aliphatic rings. The maximum absolute atomic E-state index is 2.85. The average molecular weight is 1590 g/mol. The van der Waals surface area contributed by atoms with E-state index < -0.39 is 0 Å². The van der Waals surface area contributed by atoms with E-state index in [4.69, 9.17) is 0 Å². The van der Waals surface area contributed by atoms with E-state index in [9.17, 15) is 0 Å². The van der Waals surface area contributed by atoms with Crippen LogP contribution >= 0.6 is 0 Å². The van der Waals surface area contributed by atoms with Crippen molar-refractivity contribution in [3.63, 3.8) is 0 Å². The van der Waals surface area contributed by atoms with Crippen LogP contribution in [0.4, 0.5) is 68.2 Å². The van der Waals surface area contributed by atoms with Crippen molar-refractivity contribution in [1.82, 2.24) is 0 Å². The number of para-hydroxylation sites is 7. The molecule has 0 N–H and O–H groups in total. The third-order valence-electron chi connectivity index (χ3n) is 33.5. The Morgan fingerprint density at radius 2 is 0.549 bits per heavy atom. The minimum Gasteiger partial charge on any atom is -0.335 e. The van der Waals surface area contributed by atoms with Crippen molar-refractivity contribution in [2.24, 2.45) is 0 Å². The second-order valence-corrected chi connectivity index (χ2v) is 42.7. The third-order valence-corrected chi connectivity index (χ3v) is 33.5. The standard InChI is InChI=1S/C42H41BN2.C38H33BN2.C34H40BN/c1-40(2,3)28-25-33-32-27-31(44(29-15-8-6-9-16-29)30-17-10-7-11-18-30)21-22-35(32)43-36-20-14-19-34-39(36)45(37(26-28)38(33)43)42(5)24-13-12-23-41(34,42)4;1-37-23-9-10-24-38(37,2)41-34-20-11-17-29-30-25-28(40(26-13-5-3-6-14-26)27-15-7-4-8-16-27)21-22-32(30)39(35(29)34)33-19-12-18-31(37)36(33)41;1-31(2,3)21-14-15-26-23(18-21)24-19-22(32(4,5)6)20-28-29(24)35(26)27-13-11-12-25-30(27)36(28)34(8)17-10-9-16-33(25,34)7/h6-11,14-22,25-27H,12-13,23-24H2,1-5H3;3-8,11-22,25H,9-10,23-24H2,1-2H3;11-15,18-20H,9-10,16-17H2,1-8H3. The molecule has 0 spiro atoms. The number of hydrogen-bond acceptors (Lipinski definition) is 5. The van der Waals surface area contributed by atoms with Gasteiger partial charge in [-0.3, -0.25) is 0 Å². The molecule has 8 heteroatoms. The van der Waals surface area contributed by atoms with Crippen LogP contribution in [0, 0.1) is 0 Å². The fraction of sp³-hybridized carbons (Fsp3) is 0.316. The first-order valence-electron chi connectivity index (χ1n) is 46.2. The van der Waals surface area contributed by atoms with E-state index in [2.05, 4.69) is 401 Å². The minimum atomic E-state index is 0.0395. The van der Waals surface area contributed by atoms with Crippen LogP contribution in [0.15, 0.2) is 273 Å². The summed E-state index contributed by atoms with van der Waals surface area (Å²) >= 11 is 0. The average Bonchev–Trinajstić information content (AvgIpc) is 1.51. The second-order valence-electron chi connectivity index (χ2n) is 42.7. The number of nitrogens with zero attached hydrogens (tertiary/aromatic N) is 5. The summed E-state index contributed by atoms with van der Waals surface area (Å²) in [6, 6.07) is 104. The second kappa shape index (κ2) is 26.3. The smallest absolute Gasteiger partial charge is 0.248 e. The fourth-order valence-corrected chi connectivity index (χ4v) is 26.5. The molecule has 25 rings (SSSR count). The highest BCUT2D eigenvalue weighted by Crippen LogP contribution is 2.66. The summed E-state index contributed by atoms with van der Waals surface area (Å²) in [6.07, 6.45) is 15.5. The lowest BCUT2D eigenvalue weighted by Crippen LogP contribution is -2.60. The zero-order valence-corrected chi connectivity index (χ0v) is 74.4. The van der Waals surface area contributed by atoms with E-state index in [0.717, 1.165) is 0 Å². The molecule has 5 nitrogen and oxygen atoms in total. The van der Waals surface area contributed by atoms with Gasteiger partial charge < -0.3 is 24.5 Å². The number of fused-ring (bicyclic) bond motifs is 24. The summed E-state index contributed by atoms with van der Waals surface area (Å²) in [5, 5.41) is 0. The summed E-state index contributed by atoms with van der Waals surface area (Å²) < 4.78 is 0. The molecule has 9 heterocycles. The van der Waals surface area contributed by atoms with Crippen molar-refractivity contribution >= 4 is 138 Å². The Balaban J connectivity index is 0.000000107. The van der Waals surface area contributed by atoms with Crippen LogP contribution in [0.3, 0.4) is 0 Å². The quantitative estimate of drug-likeness (QED) is 0.154. The monoisotopic (exact) mass is 1590 g/mol. The molecular formula is C114H114B3N5. The molecule has 3 aliphatic carbocycles. The fourth-order valence-electron chi connectivity index (χ4n) is 26.5. The van der Waals surface area contributed by atoms with Crippen molar-refractivity contribution < 1.29 is 0 Å². The maximum atomic E-state index is 2.85. The number of benzene rings is 13. The van der Waals surface area contributed by atoms with E-state index in [0.29, 0.717) is 6.71 Å². The lowest BCUT2D eigenvalue weighted by molar-refractivity contribution is 0.195. The normalized spacial score (nSPS) is 23.2. The molecule has 0 amide bonds. The van der Waals surface area contributed by atoms with E-state index in [1.54, 1.807) is 22.2 Å². The summed E-state index contributed by atoms with van der Waals surface area (Å²) in [6.45, 7) is 37.5. The highest BCUT2D eigenvalue weighted by Gasteiger charge is 2.65. The molecule has 13 aromatic rings. The molecule has 0 aromatic heterocycles. The Bertz CT molecular complexity index is 6450. The Labute approximate surface area is 726 Å². The van der Waals surface area contributed by atoms with E-state index in [1.165, 1.54) is 239 Å². The third kappa shape index (κ3) is 10.3. The summed E-state index contributed by atoms with van der Waals surface area (Å²) in [7, 11) is 0. The predicted octanol–water partition coefficient (Wildman–Crippen LogP) is 23.5. The van der Waals surface area contributed by atoms with Crippen LogP contribution in [0.2, 0.25) is 0 Å². The van der Waals surface area contributed by atoms with Gasteiger partial charge in [-0.2, -0.15) is 0 Å². The highest BCUT2D eigenvalue weighted by molar-refractivity contribution is 7.03. The van der Waals surface area contributed by atoms with Crippen molar-refractivity contribution in [2.75, 3.05) is 24.5 Å². The minimum absolute atomic E-state index is 0.0395. The highest BCUT2D eigenvalue weighted by atomic mass is 15.3. The summed E-state index contributed by atoms with van der Waals surface area (Å²) in [5.74, 6) is 0. The van der Waals surface area contributed by atoms with Gasteiger partial charge >= 0.3 is 0 Å². The van der Waals surface area contributed by atoms with E-state index >= 15 is 0 Å². The van der Waals surface area contributed by atoms with Crippen LogP contribution in [-0.2, 0) is 32.5 Å². The van der Waals surface area contributed by atoms with E-state index in [1.807, 2.05) is 0 Å². The molecular weight excluding hydrogens is 1470 g/mol. The van der Waals surface area contributed by atoms with Gasteiger partial charge in [0.2, 0.25) is 20.1 Å². The SMILES string of the molecule is CC(C)(C)c1cc2c3c(c1)N1c4c(cccc4C4(C)CCCCC14C)B3c1ccc(N(c3ccccc3)c3ccccc3)cc1-2.CC(C)(C)c1ccc2c(c1)-c1cc(C(C)(C)C)cc3c1B2c1cccc2c1N3C1(C)CCCCC21C.CC12CCCCC1(C)N1c3cccc4c3B(c3ccc(N(c5ccccc5)c5ccccc5)cc3-4)c3cccc2c31. The first-order chi connectivity index (χ1) is 58.7. The van der Waals surface area contributed by atoms with E-state index in [-0.39, 0.29) is 62.5 Å². The van der Waals surface area contributed by atoms with Crippen LogP contribution in [0.1, 0.15) is 214 Å². The van der Waals surface area contributed by atoms with Crippen LogP contribution in [0.5, 0.6) is 0 Å². The first kappa shape index (κ1) is 76.0. The Morgan fingerprint density at radius 3 is 0.910 bits per heavy atom. The molecule has 604 valence electrons. The molecule has 6 atom stereocenters. The van der Waals surface area contributed by atoms with Gasteiger partial charge in [-0.15, -0.1) is 0 Å². The van der Waals surface area contributed by atoms with Crippen molar-refractivity contribution in [3.05, 3.63) is 306 Å². The summed E-state index contributed by atoms with van der Waals surface area (Å²) in [5.41, 5.74) is 48.1. The van der Waals surface area contributed by atoms with Gasteiger partial charge in [0.15, 0.2) is 0 Å². The lowest BCUT2D eigenvalue weighted by atomic mass is 9.37. The van der Waals surface area contributed by atoms with Gasteiger partial charge in [-0.25, -0.2) is 0 Å². The molecule has 122 heavy (non-hydrogen) atoms. The Hall–Kier alpha value is -10.9. The maximum Gasteiger partial charge on any atom is 0.248 e. The lowest BCUT2D eigenvalue weighted by Gasteiger charge is -2.51. The van der Waals surface area contributed by atoms with Crippen molar-refractivity contribution in [3.8, 4) is 33.4 Å². The Morgan fingerprint density at radius 1 is 0.246 bits per heavy atom. The van der Waals surface area contributed by atoms with Gasteiger partial charge in [0.25, 0.3) is 0 Å². The predicted molar refractivity (Wildman–Crippen MR) is 523 cm³/mol. The van der Waals surface area contributed by atoms with Crippen molar-refractivity contribution in [2.45, 2.75) is 230 Å². The zero-order chi connectivity index (χ0) is 83.5. The van der Waals surface area contributed by atoms with Crippen LogP contribution in [0.25, 0.3) is 33.4 Å². The number of rotatable bonds is 6. The molecule has 13 aromatic carbocycles. The molecule has 9 aliphatic heterocycles. The van der Waals surface area contributed by atoms with Gasteiger partial charge in [0, 0.05) is 84.5 Å². The van der Waals surface area contributed by atoms with Gasteiger partial charge in [-0.05, 0) is 266 Å². The topological polar surface area (TPSA) is 16.2 Å². The van der Waals surface area contributed by atoms with Crippen LogP contribution < -0.4 is 73.7 Å². The van der Waals surface area contributed by atoms with Gasteiger partial charge in [0.1, 0.15) is 0 Å². The van der Waals surface area contributed by atoms with Gasteiger partial charge in [-0.1, -0.05) is 320 Å². The Kier molecular flexibility index (Phi) is 16.4. The van der Waals surface area contributed by atoms with Crippen LogP contribution in [-0.4, -0.2) is 36.8 Å².